The lowest BCUT2D eigenvalue weighted by Crippen LogP contribution is -2.53. The molecule has 3 atom stereocenters. The number of hydrogen-bond donors (Lipinski definition) is 1. The van der Waals surface area contributed by atoms with Crippen LogP contribution in [0.5, 0.6) is 0 Å². The van der Waals surface area contributed by atoms with Crippen LogP contribution in [0.2, 0.25) is 10.0 Å². The van der Waals surface area contributed by atoms with Gasteiger partial charge in [-0.1, -0.05) is 36.2 Å². The number of nitrogens with two attached hydrogens (primary N) is 1. The molecule has 1 aliphatic heterocycles. The number of rotatable bonds is 4. The average molecular weight is 380 g/mol. The number of amides is 1. The monoisotopic (exact) mass is 378 g/mol. The van der Waals surface area contributed by atoms with Crippen molar-refractivity contribution in [2.24, 2.45) is 11.7 Å². The van der Waals surface area contributed by atoms with Crippen molar-refractivity contribution < 1.29 is 4.79 Å². The molecule has 2 N–H and O–H groups in total. The zero-order valence-corrected chi connectivity index (χ0v) is 15.9. The van der Waals surface area contributed by atoms with Crippen LogP contribution in [0.1, 0.15) is 38.7 Å². The number of benzene rings is 1. The number of likely N-dealkylation sites (tertiary alicyclic amines) is 1. The number of piperidine rings is 1. The van der Waals surface area contributed by atoms with Crippen LogP contribution in [0.4, 0.5) is 0 Å². The van der Waals surface area contributed by atoms with Crippen LogP contribution in [-0.4, -0.2) is 29.4 Å². The minimum atomic E-state index is -0.113. The van der Waals surface area contributed by atoms with E-state index in [-0.39, 0.29) is 36.3 Å². The van der Waals surface area contributed by atoms with Crippen LogP contribution in [0.15, 0.2) is 18.2 Å². The molecule has 0 radical (unpaired) electrons. The second-order valence-corrected chi connectivity index (χ2v) is 7.14. The molecule has 1 heterocycles. The van der Waals surface area contributed by atoms with Gasteiger partial charge in [0.25, 0.3) is 0 Å². The summed E-state index contributed by atoms with van der Waals surface area (Å²) in [5, 5.41) is 1.23. The second kappa shape index (κ2) is 9.12. The van der Waals surface area contributed by atoms with Gasteiger partial charge in [-0.25, -0.2) is 0 Å². The lowest BCUT2D eigenvalue weighted by Gasteiger charge is -2.39. The van der Waals surface area contributed by atoms with E-state index in [4.69, 9.17) is 28.9 Å². The summed E-state index contributed by atoms with van der Waals surface area (Å²) >= 11 is 12.1. The highest BCUT2D eigenvalue weighted by molar-refractivity contribution is 6.35. The Morgan fingerprint density at radius 1 is 1.35 bits per heavy atom. The van der Waals surface area contributed by atoms with Crippen LogP contribution in [0, 0.1) is 5.92 Å². The molecule has 6 heteroatoms. The third kappa shape index (κ3) is 5.25. The van der Waals surface area contributed by atoms with Crippen molar-refractivity contribution >= 4 is 41.5 Å². The molecule has 2 rings (SSSR count). The number of halogens is 3. The van der Waals surface area contributed by atoms with Gasteiger partial charge in [0.1, 0.15) is 0 Å². The predicted octanol–water partition coefficient (Wildman–Crippen LogP) is 4.32. The summed E-state index contributed by atoms with van der Waals surface area (Å²) in [4.78, 5) is 14.8. The van der Waals surface area contributed by atoms with Gasteiger partial charge in [0, 0.05) is 34.6 Å². The van der Waals surface area contributed by atoms with Gasteiger partial charge in [-0.15, -0.1) is 12.4 Å². The fourth-order valence-electron chi connectivity index (χ4n) is 3.17. The lowest BCUT2D eigenvalue weighted by atomic mass is 9.93. The van der Waals surface area contributed by atoms with Crippen LogP contribution in [-0.2, 0) is 11.2 Å². The van der Waals surface area contributed by atoms with E-state index in [1.165, 1.54) is 0 Å². The van der Waals surface area contributed by atoms with Crippen molar-refractivity contribution in [1.29, 1.82) is 0 Å². The maximum atomic E-state index is 12.8. The summed E-state index contributed by atoms with van der Waals surface area (Å²) in [7, 11) is 0. The molecular formula is C17H25Cl3N2O. The highest BCUT2D eigenvalue weighted by atomic mass is 35.5. The third-order valence-corrected chi connectivity index (χ3v) is 4.99. The highest BCUT2D eigenvalue weighted by Crippen LogP contribution is 2.26. The van der Waals surface area contributed by atoms with Gasteiger partial charge < -0.3 is 10.6 Å². The molecule has 0 bridgehead atoms. The van der Waals surface area contributed by atoms with Gasteiger partial charge in [-0.2, -0.15) is 0 Å². The molecule has 1 aliphatic rings. The Morgan fingerprint density at radius 3 is 2.65 bits per heavy atom. The van der Waals surface area contributed by atoms with E-state index in [0.29, 0.717) is 16.5 Å². The number of hydrogen-bond acceptors (Lipinski definition) is 2. The molecule has 1 aromatic rings. The van der Waals surface area contributed by atoms with E-state index in [0.717, 1.165) is 31.4 Å². The van der Waals surface area contributed by atoms with Crippen LogP contribution < -0.4 is 5.73 Å². The number of carbonyl (C=O) groups excluding carboxylic acids is 1. The van der Waals surface area contributed by atoms with Crippen LogP contribution in [0.3, 0.4) is 0 Å². The van der Waals surface area contributed by atoms with E-state index < -0.39 is 0 Å². The minimum absolute atomic E-state index is 0. The molecule has 0 spiro atoms. The molecule has 3 unspecified atom stereocenters. The first-order valence-electron chi connectivity index (χ1n) is 7.90. The van der Waals surface area contributed by atoms with Crippen molar-refractivity contribution in [2.45, 2.75) is 51.6 Å². The zero-order valence-electron chi connectivity index (χ0n) is 13.6. The number of carbonyl (C=O) groups is 1. The Balaban J connectivity index is 0.00000264. The van der Waals surface area contributed by atoms with E-state index >= 15 is 0 Å². The molecule has 0 aromatic heterocycles. The summed E-state index contributed by atoms with van der Waals surface area (Å²) in [6.45, 7) is 4.75. The standard InChI is InChI=1S/C17H24Cl2N2O.ClH/c1-11(9-13-6-7-14(18)10-15(13)19)17(22)21-8-4-3-5-16(21)12(2)20;/h6-7,10-12,16H,3-5,8-9,20H2,1-2H3;1H. The average Bonchev–Trinajstić information content (AvgIpc) is 2.49. The van der Waals surface area contributed by atoms with Crippen LogP contribution >= 0.6 is 35.6 Å². The first-order chi connectivity index (χ1) is 10.4. The predicted molar refractivity (Wildman–Crippen MR) is 99.6 cm³/mol. The van der Waals surface area contributed by atoms with Crippen molar-refractivity contribution in [1.82, 2.24) is 4.90 Å². The zero-order chi connectivity index (χ0) is 16.3. The fourth-order valence-corrected chi connectivity index (χ4v) is 3.65. The lowest BCUT2D eigenvalue weighted by molar-refractivity contribution is -0.139. The third-order valence-electron chi connectivity index (χ3n) is 4.40. The Labute approximate surface area is 154 Å². The molecule has 0 aliphatic carbocycles. The second-order valence-electron chi connectivity index (χ2n) is 6.29. The maximum Gasteiger partial charge on any atom is 0.226 e. The van der Waals surface area contributed by atoms with Crippen molar-refractivity contribution in [3.05, 3.63) is 33.8 Å². The molecule has 1 saturated heterocycles. The Morgan fingerprint density at radius 2 is 2.04 bits per heavy atom. The number of nitrogens with zero attached hydrogens (tertiary/aromatic N) is 1. The van der Waals surface area contributed by atoms with Gasteiger partial charge in [0.05, 0.1) is 0 Å². The SMILES string of the molecule is CC(Cc1ccc(Cl)cc1Cl)C(=O)N1CCCCC1C(C)N.Cl. The normalized spacial score (nSPS) is 20.6. The fraction of sp³-hybridized carbons (Fsp3) is 0.588. The molecule has 1 amide bonds. The summed E-state index contributed by atoms with van der Waals surface area (Å²) in [6, 6.07) is 5.60. The topological polar surface area (TPSA) is 46.3 Å². The smallest absolute Gasteiger partial charge is 0.226 e. The summed E-state index contributed by atoms with van der Waals surface area (Å²) in [5.74, 6) is 0.0612. The van der Waals surface area contributed by atoms with E-state index in [1.807, 2.05) is 30.9 Å². The van der Waals surface area contributed by atoms with E-state index in [1.54, 1.807) is 6.07 Å². The van der Waals surface area contributed by atoms with Gasteiger partial charge in [0.2, 0.25) is 5.91 Å². The summed E-state index contributed by atoms with van der Waals surface area (Å²) < 4.78 is 0. The highest BCUT2D eigenvalue weighted by Gasteiger charge is 2.31. The van der Waals surface area contributed by atoms with Gasteiger partial charge in [0.15, 0.2) is 0 Å². The van der Waals surface area contributed by atoms with E-state index in [9.17, 15) is 4.79 Å². The first kappa shape index (κ1) is 20.6. The van der Waals surface area contributed by atoms with Gasteiger partial charge in [-0.05, 0) is 50.3 Å². The van der Waals surface area contributed by atoms with Gasteiger partial charge in [-0.3, -0.25) is 4.79 Å². The first-order valence-corrected chi connectivity index (χ1v) is 8.65. The quantitative estimate of drug-likeness (QED) is 0.846. The molecule has 3 nitrogen and oxygen atoms in total. The summed E-state index contributed by atoms with van der Waals surface area (Å²) in [6.07, 6.45) is 3.82. The van der Waals surface area contributed by atoms with Gasteiger partial charge >= 0.3 is 0 Å². The largest absolute Gasteiger partial charge is 0.338 e. The Hall–Kier alpha value is -0.480. The molecule has 130 valence electrons. The van der Waals surface area contributed by atoms with E-state index in [2.05, 4.69) is 0 Å². The van der Waals surface area contributed by atoms with Crippen molar-refractivity contribution in [3.8, 4) is 0 Å². The molecule has 23 heavy (non-hydrogen) atoms. The maximum absolute atomic E-state index is 12.8. The molecule has 1 fully saturated rings. The molecular weight excluding hydrogens is 355 g/mol. The van der Waals surface area contributed by atoms with Crippen LogP contribution in [0.25, 0.3) is 0 Å². The van der Waals surface area contributed by atoms with Crippen molar-refractivity contribution in [3.63, 3.8) is 0 Å². The Kier molecular flexibility index (Phi) is 8.15. The molecule has 1 aromatic carbocycles. The summed E-state index contributed by atoms with van der Waals surface area (Å²) in [5.41, 5.74) is 7.02. The molecule has 0 saturated carbocycles. The Bertz CT molecular complexity index is 537. The van der Waals surface area contributed by atoms with Crippen molar-refractivity contribution in [2.75, 3.05) is 6.54 Å². The minimum Gasteiger partial charge on any atom is -0.338 e.